The highest BCUT2D eigenvalue weighted by molar-refractivity contribution is 6.35. The minimum atomic E-state index is -2.82. The van der Waals surface area contributed by atoms with Crippen LogP contribution in [0.25, 0.3) is 11.0 Å². The van der Waals surface area contributed by atoms with Crippen LogP contribution in [0.2, 0.25) is 5.02 Å². The van der Waals surface area contributed by atoms with Crippen LogP contribution in [0.1, 0.15) is 41.3 Å². The van der Waals surface area contributed by atoms with Crippen molar-refractivity contribution in [2.45, 2.75) is 32.2 Å². The molecule has 6 nitrogen and oxygen atoms in total. The summed E-state index contributed by atoms with van der Waals surface area (Å²) < 4.78 is 30.1. The van der Waals surface area contributed by atoms with Gasteiger partial charge in [0.15, 0.2) is 0 Å². The molecule has 3 aromatic rings. The van der Waals surface area contributed by atoms with E-state index in [9.17, 15) is 13.6 Å². The lowest BCUT2D eigenvalue weighted by Crippen LogP contribution is -2.23. The molecule has 1 amide bonds. The Morgan fingerprint density at radius 2 is 2.12 bits per heavy atom. The number of benzene rings is 1. The Hall–Kier alpha value is -2.48. The second-order valence-corrected chi connectivity index (χ2v) is 6.63. The van der Waals surface area contributed by atoms with Crippen molar-refractivity contribution in [2.75, 3.05) is 5.32 Å². The number of nitrogens with one attached hydrogen (secondary N) is 1. The van der Waals surface area contributed by atoms with Gasteiger partial charge in [0.25, 0.3) is 12.3 Å². The quantitative estimate of drug-likeness (QED) is 0.749. The zero-order valence-corrected chi connectivity index (χ0v) is 14.7. The van der Waals surface area contributed by atoms with E-state index in [1.165, 1.54) is 0 Å². The van der Waals surface area contributed by atoms with Gasteiger partial charge in [-0.05, 0) is 25.0 Å². The molecule has 1 aromatic carbocycles. The number of aryl methyl sites for hydroxylation is 2. The fourth-order valence-electron chi connectivity index (χ4n) is 3.35. The van der Waals surface area contributed by atoms with E-state index in [1.54, 1.807) is 28.3 Å². The van der Waals surface area contributed by atoms with Gasteiger partial charge in [-0.3, -0.25) is 10.1 Å². The number of para-hydroxylation sites is 1. The number of aromatic nitrogens is 4. The standard InChI is InChI=1S/C17H16ClF2N5O/c1-24-10-6-4-5-9(18)12(10)22-17(24)23-16(26)14-13(15(19)20)21-11-7-2-3-8-25(11)14/h4-6,15H,2-3,7-8H2,1H3,(H,22,23,26). The molecule has 26 heavy (non-hydrogen) atoms. The van der Waals surface area contributed by atoms with Crippen LogP contribution in [0.15, 0.2) is 18.2 Å². The highest BCUT2D eigenvalue weighted by atomic mass is 35.5. The van der Waals surface area contributed by atoms with Crippen LogP contribution in [0.5, 0.6) is 0 Å². The minimum absolute atomic E-state index is 0.0900. The average molecular weight is 380 g/mol. The van der Waals surface area contributed by atoms with Gasteiger partial charge in [0.1, 0.15) is 22.7 Å². The van der Waals surface area contributed by atoms with Crippen LogP contribution >= 0.6 is 11.6 Å². The number of hydrogen-bond acceptors (Lipinski definition) is 3. The SMILES string of the molecule is Cn1c(NC(=O)c2c(C(F)F)nc3n2CCCC3)nc2c(Cl)cccc21. The molecule has 0 saturated heterocycles. The molecule has 0 saturated carbocycles. The molecular weight excluding hydrogens is 364 g/mol. The first kappa shape index (κ1) is 17.0. The number of carbonyl (C=O) groups is 1. The summed E-state index contributed by atoms with van der Waals surface area (Å²) in [6, 6.07) is 5.29. The van der Waals surface area contributed by atoms with Gasteiger partial charge in [-0.2, -0.15) is 0 Å². The van der Waals surface area contributed by atoms with E-state index in [4.69, 9.17) is 11.6 Å². The largest absolute Gasteiger partial charge is 0.324 e. The zero-order valence-electron chi connectivity index (χ0n) is 14.0. The van der Waals surface area contributed by atoms with Crippen LogP contribution in [0, 0.1) is 0 Å². The van der Waals surface area contributed by atoms with Gasteiger partial charge < -0.3 is 9.13 Å². The smallest absolute Gasteiger partial charge is 0.282 e. The maximum absolute atomic E-state index is 13.4. The van der Waals surface area contributed by atoms with Crippen molar-refractivity contribution in [3.05, 3.63) is 40.4 Å². The Morgan fingerprint density at radius 1 is 1.31 bits per heavy atom. The summed E-state index contributed by atoms with van der Waals surface area (Å²) in [6.07, 6.45) is -0.517. The predicted octanol–water partition coefficient (Wildman–Crippen LogP) is 3.95. The molecular formula is C17H16ClF2N5O. The van der Waals surface area contributed by atoms with Crippen LogP contribution in [-0.2, 0) is 20.0 Å². The normalized spacial score (nSPS) is 14.0. The van der Waals surface area contributed by atoms with E-state index in [0.29, 0.717) is 29.3 Å². The Labute approximate surface area is 152 Å². The molecule has 0 fully saturated rings. The average Bonchev–Trinajstić information content (AvgIpc) is 3.15. The summed E-state index contributed by atoms with van der Waals surface area (Å²) >= 11 is 6.14. The molecule has 0 unspecified atom stereocenters. The summed E-state index contributed by atoms with van der Waals surface area (Å²) in [5.74, 6) is 0.130. The van der Waals surface area contributed by atoms with E-state index in [1.807, 2.05) is 6.07 Å². The molecule has 3 heterocycles. The third-order valence-electron chi connectivity index (χ3n) is 4.62. The fraction of sp³-hybridized carbons (Fsp3) is 0.353. The van der Waals surface area contributed by atoms with Crippen LogP contribution < -0.4 is 5.32 Å². The molecule has 136 valence electrons. The van der Waals surface area contributed by atoms with E-state index < -0.39 is 18.0 Å². The number of nitrogens with zero attached hydrogens (tertiary/aromatic N) is 4. The Morgan fingerprint density at radius 3 is 2.85 bits per heavy atom. The van der Waals surface area contributed by atoms with Gasteiger partial charge in [-0.15, -0.1) is 0 Å². The molecule has 9 heteroatoms. The highest BCUT2D eigenvalue weighted by Crippen LogP contribution is 2.29. The number of alkyl halides is 2. The first-order chi connectivity index (χ1) is 12.5. The molecule has 0 aliphatic carbocycles. The van der Waals surface area contributed by atoms with Gasteiger partial charge in [-0.25, -0.2) is 18.7 Å². The lowest BCUT2D eigenvalue weighted by atomic mass is 10.1. The third-order valence-corrected chi connectivity index (χ3v) is 4.92. The van der Waals surface area contributed by atoms with Crippen molar-refractivity contribution in [3.63, 3.8) is 0 Å². The summed E-state index contributed by atoms with van der Waals surface area (Å²) in [6.45, 7) is 0.506. The number of imidazole rings is 2. The maximum Gasteiger partial charge on any atom is 0.282 e. The van der Waals surface area contributed by atoms with E-state index in [0.717, 1.165) is 18.4 Å². The summed E-state index contributed by atoms with van der Waals surface area (Å²) in [7, 11) is 1.72. The first-order valence-corrected chi connectivity index (χ1v) is 8.65. The first-order valence-electron chi connectivity index (χ1n) is 8.27. The number of amides is 1. The molecule has 1 aliphatic rings. The molecule has 2 aromatic heterocycles. The van der Waals surface area contributed by atoms with Gasteiger partial charge in [-0.1, -0.05) is 17.7 Å². The topological polar surface area (TPSA) is 64.7 Å². The molecule has 0 spiro atoms. The van der Waals surface area contributed by atoms with Crippen molar-refractivity contribution in [1.29, 1.82) is 0 Å². The number of hydrogen-bond donors (Lipinski definition) is 1. The number of anilines is 1. The number of halogens is 3. The molecule has 0 atom stereocenters. The molecule has 4 rings (SSSR count). The van der Waals surface area contributed by atoms with Gasteiger partial charge in [0.2, 0.25) is 5.95 Å². The van der Waals surface area contributed by atoms with Crippen molar-refractivity contribution in [1.82, 2.24) is 19.1 Å². The van der Waals surface area contributed by atoms with Gasteiger partial charge in [0, 0.05) is 20.0 Å². The van der Waals surface area contributed by atoms with E-state index >= 15 is 0 Å². The Balaban J connectivity index is 1.75. The van der Waals surface area contributed by atoms with Gasteiger partial charge in [0.05, 0.1) is 10.5 Å². The highest BCUT2D eigenvalue weighted by Gasteiger charge is 2.30. The van der Waals surface area contributed by atoms with Crippen LogP contribution in [-0.4, -0.2) is 25.0 Å². The van der Waals surface area contributed by atoms with Crippen LogP contribution in [0.4, 0.5) is 14.7 Å². The fourth-order valence-corrected chi connectivity index (χ4v) is 3.56. The summed E-state index contributed by atoms with van der Waals surface area (Å²) in [5.41, 5.74) is 0.706. The summed E-state index contributed by atoms with van der Waals surface area (Å²) in [4.78, 5) is 21.1. The Kier molecular flexibility index (Phi) is 4.14. The van der Waals surface area contributed by atoms with E-state index in [2.05, 4.69) is 15.3 Å². The number of fused-ring (bicyclic) bond motifs is 2. The van der Waals surface area contributed by atoms with Crippen molar-refractivity contribution < 1.29 is 13.6 Å². The second kappa shape index (κ2) is 6.35. The van der Waals surface area contributed by atoms with Crippen molar-refractivity contribution >= 4 is 34.5 Å². The molecule has 0 bridgehead atoms. The lowest BCUT2D eigenvalue weighted by Gasteiger charge is -2.16. The van der Waals surface area contributed by atoms with Crippen molar-refractivity contribution in [2.24, 2.45) is 7.05 Å². The second-order valence-electron chi connectivity index (χ2n) is 6.23. The van der Waals surface area contributed by atoms with E-state index in [-0.39, 0.29) is 11.6 Å². The van der Waals surface area contributed by atoms with Crippen molar-refractivity contribution in [3.8, 4) is 0 Å². The molecule has 1 N–H and O–H groups in total. The monoisotopic (exact) mass is 379 g/mol. The Bertz CT molecular complexity index is 1010. The number of rotatable bonds is 3. The zero-order chi connectivity index (χ0) is 18.4. The third kappa shape index (κ3) is 2.65. The summed E-state index contributed by atoms with van der Waals surface area (Å²) in [5, 5.41) is 3.09. The lowest BCUT2D eigenvalue weighted by molar-refractivity contribution is 0.0994. The minimum Gasteiger partial charge on any atom is -0.324 e. The molecule has 1 aliphatic heterocycles. The number of carbonyl (C=O) groups excluding carboxylic acids is 1. The van der Waals surface area contributed by atoms with Crippen LogP contribution in [0.3, 0.4) is 0 Å². The molecule has 0 radical (unpaired) electrons. The predicted molar refractivity (Wildman–Crippen MR) is 93.8 cm³/mol. The maximum atomic E-state index is 13.4. The van der Waals surface area contributed by atoms with Gasteiger partial charge >= 0.3 is 0 Å².